The number of nitrogens with two attached hydrogens (primary N) is 1. The van der Waals surface area contributed by atoms with Crippen molar-refractivity contribution in [2.24, 2.45) is 5.92 Å². The first kappa shape index (κ1) is 46.6. The molecular weight excluding hydrogens is 799 g/mol. The maximum Gasteiger partial charge on any atom is 0.351 e. The second-order valence-electron chi connectivity index (χ2n) is 15.6. The maximum absolute atomic E-state index is 13.8. The van der Waals surface area contributed by atoms with E-state index in [0.29, 0.717) is 37.4 Å². The van der Waals surface area contributed by atoms with Gasteiger partial charge in [0, 0.05) is 31.1 Å². The number of thioether (sulfide) groups is 1. The first-order chi connectivity index (χ1) is 29.3. The van der Waals surface area contributed by atoms with Gasteiger partial charge in [0.15, 0.2) is 6.61 Å². The van der Waals surface area contributed by atoms with Crippen LogP contribution in [0.5, 0.6) is 5.75 Å². The molecule has 6 rings (SSSR count). The topological polar surface area (TPSA) is 210 Å². The summed E-state index contributed by atoms with van der Waals surface area (Å²) in [6.07, 6.45) is 2.01. The minimum atomic E-state index is -0.992. The zero-order valence-corrected chi connectivity index (χ0v) is 36.1. The van der Waals surface area contributed by atoms with Gasteiger partial charge in [-0.1, -0.05) is 92.7 Å². The molecule has 16 heteroatoms. The number of amides is 4. The molecule has 1 aromatic heterocycles. The van der Waals surface area contributed by atoms with Gasteiger partial charge in [-0.25, -0.2) is 9.59 Å². The molecule has 0 aliphatic carbocycles. The number of para-hydroxylation sites is 1. The summed E-state index contributed by atoms with van der Waals surface area (Å²) >= 11 is 1.47. The van der Waals surface area contributed by atoms with Gasteiger partial charge in [0.2, 0.25) is 5.91 Å². The summed E-state index contributed by atoms with van der Waals surface area (Å²) in [5.41, 5.74) is 8.52. The van der Waals surface area contributed by atoms with Crippen LogP contribution in [0.1, 0.15) is 55.2 Å². The van der Waals surface area contributed by atoms with Crippen molar-refractivity contribution in [3.05, 3.63) is 124 Å². The number of hydrogen-bond acceptors (Lipinski definition) is 11. The normalized spacial score (nSPS) is 18.2. The lowest BCUT2D eigenvalue weighted by molar-refractivity contribution is -0.128. The zero-order valence-electron chi connectivity index (χ0n) is 35.2. The quantitative estimate of drug-likeness (QED) is 0.0902. The van der Waals surface area contributed by atoms with Crippen LogP contribution in [0.3, 0.4) is 0 Å². The number of aromatic nitrogens is 2. The van der Waals surface area contributed by atoms with Crippen LogP contribution in [-0.4, -0.2) is 104 Å². The summed E-state index contributed by atoms with van der Waals surface area (Å²) in [4.78, 5) is 56.4. The second-order valence-corrected chi connectivity index (χ2v) is 16.8. The molecule has 2 saturated heterocycles. The van der Waals surface area contributed by atoms with Crippen molar-refractivity contribution in [2.45, 2.75) is 89.3 Å². The maximum atomic E-state index is 13.8. The van der Waals surface area contributed by atoms with Crippen LogP contribution in [-0.2, 0) is 27.2 Å². The van der Waals surface area contributed by atoms with Gasteiger partial charge in [0.05, 0.1) is 18.8 Å². The third-order valence-electron chi connectivity index (χ3n) is 10.5. The van der Waals surface area contributed by atoms with Crippen LogP contribution in [0, 0.1) is 19.8 Å². The highest BCUT2D eigenvalue weighted by molar-refractivity contribution is 8.00. The number of hydrogen-bond donors (Lipinski definition) is 6. The van der Waals surface area contributed by atoms with Gasteiger partial charge in [-0.2, -0.15) is 4.98 Å². The molecule has 328 valence electrons. The van der Waals surface area contributed by atoms with Gasteiger partial charge in [0.1, 0.15) is 29.3 Å². The van der Waals surface area contributed by atoms with Crippen LogP contribution in [0.25, 0.3) is 0 Å². The number of anilines is 1. The lowest BCUT2D eigenvalue weighted by Gasteiger charge is -2.37. The second kappa shape index (κ2) is 23.0. The Bertz CT molecular complexity index is 2070. The monoisotopic (exact) mass is 857 g/mol. The Balaban J connectivity index is 0.000000392. The van der Waals surface area contributed by atoms with E-state index in [1.165, 1.54) is 16.3 Å². The van der Waals surface area contributed by atoms with Crippen molar-refractivity contribution < 1.29 is 34.1 Å². The van der Waals surface area contributed by atoms with E-state index in [-0.39, 0.29) is 60.9 Å². The van der Waals surface area contributed by atoms with Crippen LogP contribution < -0.4 is 32.1 Å². The molecule has 0 spiro atoms. The number of carbonyl (C=O) groups excluding carboxylic acids is 3. The Kier molecular flexibility index (Phi) is 17.6. The zero-order chi connectivity index (χ0) is 43.9. The number of carbonyl (C=O) groups is 3. The molecule has 6 atom stereocenters. The molecule has 2 aliphatic heterocycles. The lowest BCUT2D eigenvalue weighted by Crippen LogP contribution is -2.59. The molecule has 61 heavy (non-hydrogen) atoms. The Hall–Kier alpha value is -5.42. The van der Waals surface area contributed by atoms with Crippen molar-refractivity contribution in [2.75, 3.05) is 37.8 Å². The van der Waals surface area contributed by atoms with Crippen LogP contribution >= 0.6 is 11.8 Å². The van der Waals surface area contributed by atoms with Crippen molar-refractivity contribution in [3.8, 4) is 5.75 Å². The van der Waals surface area contributed by atoms with Gasteiger partial charge in [0.25, 0.3) is 5.91 Å². The highest BCUT2D eigenvalue weighted by Gasteiger charge is 2.36. The summed E-state index contributed by atoms with van der Waals surface area (Å²) in [7, 11) is 0. The number of ether oxygens (including phenoxy) is 2. The van der Waals surface area contributed by atoms with Crippen molar-refractivity contribution in [1.29, 1.82) is 0 Å². The third-order valence-corrected chi connectivity index (χ3v) is 11.6. The average Bonchev–Trinajstić information content (AvgIpc) is 3.71. The van der Waals surface area contributed by atoms with E-state index in [1.807, 2.05) is 107 Å². The Morgan fingerprint density at radius 1 is 0.967 bits per heavy atom. The molecule has 3 aromatic carbocycles. The molecular formula is C45H59N7O8S. The summed E-state index contributed by atoms with van der Waals surface area (Å²) in [6.45, 7) is 8.58. The molecule has 4 aromatic rings. The van der Waals surface area contributed by atoms with Gasteiger partial charge in [-0.15, -0.1) is 11.8 Å². The largest absolute Gasteiger partial charge is 0.483 e. The average molecular weight is 858 g/mol. The van der Waals surface area contributed by atoms with E-state index in [1.54, 1.807) is 17.2 Å². The fraction of sp³-hybridized carbons (Fsp3) is 0.444. The number of aliphatic hydroxyl groups excluding tert-OH is 2. The van der Waals surface area contributed by atoms with Gasteiger partial charge in [-0.05, 0) is 73.8 Å². The highest BCUT2D eigenvalue weighted by Crippen LogP contribution is 2.30. The summed E-state index contributed by atoms with van der Waals surface area (Å²) in [5, 5.41) is 29.6. The molecule has 0 saturated carbocycles. The SMILES string of the molecule is Cc1cccc(C)c1OCC(=O)N[C@@H](Cc1ccccc1)[C@@H](O)C[C@H](Cc1ccccc1)NC(=O)[C@H](C(C)C)N1CCCNC1=O.Nc1ccn([C@H]2CS[C@@H](CO)O2)c(=O)n1. The van der Waals surface area contributed by atoms with Crippen molar-refractivity contribution in [3.63, 3.8) is 0 Å². The molecule has 15 nitrogen and oxygen atoms in total. The number of nitrogens with zero attached hydrogens (tertiary/aromatic N) is 3. The molecule has 2 aliphatic rings. The summed E-state index contributed by atoms with van der Waals surface area (Å²) in [5.74, 6) is 0.767. The minimum Gasteiger partial charge on any atom is -0.483 e. The van der Waals surface area contributed by atoms with Gasteiger partial charge < -0.3 is 46.3 Å². The fourth-order valence-electron chi connectivity index (χ4n) is 7.45. The molecule has 7 N–H and O–H groups in total. The van der Waals surface area contributed by atoms with Crippen LogP contribution in [0.2, 0.25) is 0 Å². The first-order valence-electron chi connectivity index (χ1n) is 20.6. The number of benzene rings is 3. The predicted octanol–water partition coefficient (Wildman–Crippen LogP) is 3.73. The highest BCUT2D eigenvalue weighted by atomic mass is 32.2. The molecule has 0 bridgehead atoms. The van der Waals surface area contributed by atoms with Gasteiger partial charge >= 0.3 is 11.7 Å². The number of aryl methyl sites for hydroxylation is 2. The van der Waals surface area contributed by atoms with E-state index in [0.717, 1.165) is 28.7 Å². The van der Waals surface area contributed by atoms with Crippen LogP contribution in [0.4, 0.5) is 10.6 Å². The Morgan fingerprint density at radius 2 is 1.62 bits per heavy atom. The van der Waals surface area contributed by atoms with E-state index < -0.39 is 29.9 Å². The fourth-order valence-corrected chi connectivity index (χ4v) is 8.38. The third kappa shape index (κ3) is 13.8. The summed E-state index contributed by atoms with van der Waals surface area (Å²) in [6, 6.07) is 24.8. The Morgan fingerprint density at radius 3 is 2.21 bits per heavy atom. The van der Waals surface area contributed by atoms with E-state index in [9.17, 15) is 24.3 Å². The lowest BCUT2D eigenvalue weighted by atomic mass is 9.92. The number of nitrogens with one attached hydrogen (secondary N) is 3. The predicted molar refractivity (Wildman–Crippen MR) is 236 cm³/mol. The van der Waals surface area contributed by atoms with E-state index in [4.69, 9.17) is 20.3 Å². The van der Waals surface area contributed by atoms with E-state index in [2.05, 4.69) is 20.9 Å². The van der Waals surface area contributed by atoms with Gasteiger partial charge in [-0.3, -0.25) is 14.2 Å². The summed E-state index contributed by atoms with van der Waals surface area (Å²) < 4.78 is 12.7. The number of aliphatic hydroxyl groups is 2. The number of nitrogen functional groups attached to an aromatic ring is 1. The van der Waals surface area contributed by atoms with Crippen LogP contribution in [0.15, 0.2) is 95.9 Å². The molecule has 0 unspecified atom stereocenters. The minimum absolute atomic E-state index is 0.0572. The number of rotatable bonds is 17. The molecule has 0 radical (unpaired) electrons. The Labute approximate surface area is 361 Å². The van der Waals surface area contributed by atoms with Crippen molar-refractivity contribution in [1.82, 2.24) is 30.4 Å². The first-order valence-corrected chi connectivity index (χ1v) is 21.7. The number of urea groups is 1. The molecule has 3 heterocycles. The smallest absolute Gasteiger partial charge is 0.351 e. The molecule has 4 amide bonds. The standard InChI is InChI=1S/C37H48N4O5.C8H11N3O3S/c1-25(2)34(41-20-12-19-38-37(41)45)36(44)39-30(21-28-15-7-5-8-16-28)23-32(42)31(22-29-17-9-6-10-18-29)40-33(43)24-46-35-26(3)13-11-14-27(35)4;9-5-1-2-11(8(13)10-5)6-4-15-7(3-12)14-6/h5-11,13-18,25,30-32,34,42H,12,19-24H2,1-4H3,(H,38,45)(H,39,44)(H,40,43);1-2,6-7,12H,3-4H2,(H2,9,10,13)/t30-,31-,32-,34-;6-,7+/m01/s1. The van der Waals surface area contributed by atoms with Crippen molar-refractivity contribution >= 4 is 35.4 Å². The molecule has 2 fully saturated rings. The van der Waals surface area contributed by atoms with E-state index >= 15 is 0 Å².